The third kappa shape index (κ3) is 5.30. The molecule has 186 valence electrons. The molecule has 6 nitrogen and oxygen atoms in total. The van der Waals surface area contributed by atoms with Crippen LogP contribution in [0.5, 0.6) is 5.75 Å². The van der Waals surface area contributed by atoms with Gasteiger partial charge in [-0.2, -0.15) is 0 Å². The number of nitrogens with zero attached hydrogens (tertiary/aromatic N) is 2. The number of nitrogens with one attached hydrogen (secondary N) is 1. The Hall–Kier alpha value is -3.50. The van der Waals surface area contributed by atoms with Crippen LogP contribution in [-0.2, 0) is 4.79 Å². The first-order chi connectivity index (χ1) is 17.9. The van der Waals surface area contributed by atoms with E-state index in [0.29, 0.717) is 32.9 Å². The number of anilines is 1. The predicted molar refractivity (Wildman–Crippen MR) is 156 cm³/mol. The zero-order valence-electron chi connectivity index (χ0n) is 20.3. The largest absolute Gasteiger partial charge is 0.494 e. The Kier molecular flexibility index (Phi) is 7.38. The molecule has 3 aromatic carbocycles. The van der Waals surface area contributed by atoms with Crippen LogP contribution in [0.15, 0.2) is 99.9 Å². The van der Waals surface area contributed by atoms with Crippen molar-refractivity contribution in [2.75, 3.05) is 11.9 Å². The van der Waals surface area contributed by atoms with Crippen LogP contribution in [0.3, 0.4) is 0 Å². The predicted octanol–water partition coefficient (Wildman–Crippen LogP) is 4.88. The monoisotopic (exact) mass is 621 g/mol. The van der Waals surface area contributed by atoms with Gasteiger partial charge in [-0.3, -0.25) is 14.2 Å². The Balaban J connectivity index is 1.65. The molecule has 0 unspecified atom stereocenters. The van der Waals surface area contributed by atoms with Crippen molar-refractivity contribution < 1.29 is 9.53 Å². The summed E-state index contributed by atoms with van der Waals surface area (Å²) in [6.45, 7) is 4.30. The molecule has 1 atom stereocenters. The van der Waals surface area contributed by atoms with Gasteiger partial charge in [0.2, 0.25) is 0 Å². The topological polar surface area (TPSA) is 72.7 Å². The van der Waals surface area contributed by atoms with Gasteiger partial charge < -0.3 is 10.1 Å². The quantitative estimate of drug-likeness (QED) is 0.312. The Morgan fingerprint density at radius 2 is 1.78 bits per heavy atom. The van der Waals surface area contributed by atoms with Gasteiger partial charge in [0.25, 0.3) is 11.5 Å². The maximum Gasteiger partial charge on any atom is 0.271 e. The molecule has 0 aliphatic carbocycles. The average Bonchev–Trinajstić information content (AvgIpc) is 3.20. The lowest BCUT2D eigenvalue weighted by Crippen LogP contribution is -2.40. The zero-order valence-corrected chi connectivity index (χ0v) is 23.2. The molecular weight excluding hydrogens is 597 g/mol. The SMILES string of the molecule is CCOc1ccc([C@H]2C(C(=O)Nc3ccccc3)=C(C)N=c3s/c(=C\c4ccc(I)cc4)c(=O)n32)cc1. The fourth-order valence-electron chi connectivity index (χ4n) is 4.27. The van der Waals surface area contributed by atoms with Crippen LogP contribution in [0.4, 0.5) is 5.69 Å². The molecule has 1 aliphatic rings. The highest BCUT2D eigenvalue weighted by Gasteiger charge is 2.32. The highest BCUT2D eigenvalue weighted by atomic mass is 127. The zero-order chi connectivity index (χ0) is 25.9. The number of hydrogen-bond acceptors (Lipinski definition) is 5. The molecule has 0 saturated carbocycles. The Morgan fingerprint density at radius 3 is 2.46 bits per heavy atom. The molecule has 5 rings (SSSR count). The number of halogens is 1. The summed E-state index contributed by atoms with van der Waals surface area (Å²) in [7, 11) is 0. The number of carbonyl (C=O) groups excluding carboxylic acids is 1. The lowest BCUT2D eigenvalue weighted by Gasteiger charge is -2.25. The fraction of sp³-hybridized carbons (Fsp3) is 0.138. The second kappa shape index (κ2) is 10.9. The summed E-state index contributed by atoms with van der Waals surface area (Å²) in [5, 5.41) is 2.97. The van der Waals surface area contributed by atoms with E-state index in [1.54, 1.807) is 4.57 Å². The minimum atomic E-state index is -0.630. The molecule has 37 heavy (non-hydrogen) atoms. The first kappa shape index (κ1) is 25.2. The van der Waals surface area contributed by atoms with Gasteiger partial charge in [-0.05, 0) is 90.0 Å². The number of para-hydroxylation sites is 1. The van der Waals surface area contributed by atoms with E-state index in [2.05, 4.69) is 27.9 Å². The van der Waals surface area contributed by atoms with Gasteiger partial charge >= 0.3 is 0 Å². The van der Waals surface area contributed by atoms with Crippen molar-refractivity contribution >= 4 is 51.6 Å². The summed E-state index contributed by atoms with van der Waals surface area (Å²) in [5.41, 5.74) is 3.24. The summed E-state index contributed by atoms with van der Waals surface area (Å²) in [6.07, 6.45) is 1.87. The van der Waals surface area contributed by atoms with Gasteiger partial charge in [-0.25, -0.2) is 4.99 Å². The van der Waals surface area contributed by atoms with Crippen molar-refractivity contribution in [3.8, 4) is 5.75 Å². The van der Waals surface area contributed by atoms with E-state index in [4.69, 9.17) is 9.73 Å². The second-order valence-electron chi connectivity index (χ2n) is 8.46. The van der Waals surface area contributed by atoms with Crippen LogP contribution in [0, 0.1) is 3.57 Å². The lowest BCUT2D eigenvalue weighted by atomic mass is 9.95. The summed E-state index contributed by atoms with van der Waals surface area (Å²) in [6, 6.07) is 24.1. The van der Waals surface area contributed by atoms with E-state index in [1.165, 1.54) is 11.3 Å². The molecule has 2 heterocycles. The van der Waals surface area contributed by atoms with E-state index < -0.39 is 6.04 Å². The lowest BCUT2D eigenvalue weighted by molar-refractivity contribution is -0.113. The normalized spacial score (nSPS) is 15.2. The number of allylic oxidation sites excluding steroid dienone is 1. The van der Waals surface area contributed by atoms with E-state index in [9.17, 15) is 9.59 Å². The molecule has 1 aromatic heterocycles. The van der Waals surface area contributed by atoms with Crippen molar-refractivity contribution in [3.05, 3.63) is 125 Å². The third-order valence-electron chi connectivity index (χ3n) is 5.97. The maximum atomic E-state index is 13.8. The Labute approximate surface area is 231 Å². The van der Waals surface area contributed by atoms with Crippen molar-refractivity contribution in [2.24, 2.45) is 4.99 Å². The molecule has 0 spiro atoms. The van der Waals surface area contributed by atoms with E-state index in [0.717, 1.165) is 20.4 Å². The van der Waals surface area contributed by atoms with Crippen molar-refractivity contribution in [2.45, 2.75) is 19.9 Å². The molecule has 8 heteroatoms. The Morgan fingerprint density at radius 1 is 1.08 bits per heavy atom. The molecule has 0 saturated heterocycles. The molecule has 1 aliphatic heterocycles. The van der Waals surface area contributed by atoms with Crippen molar-refractivity contribution in [3.63, 3.8) is 0 Å². The molecule has 1 amide bonds. The fourth-order valence-corrected chi connectivity index (χ4v) is 5.68. The molecule has 4 aromatic rings. The highest BCUT2D eigenvalue weighted by molar-refractivity contribution is 14.1. The van der Waals surface area contributed by atoms with E-state index >= 15 is 0 Å². The smallest absolute Gasteiger partial charge is 0.271 e. The second-order valence-corrected chi connectivity index (χ2v) is 10.7. The number of hydrogen-bond donors (Lipinski definition) is 1. The van der Waals surface area contributed by atoms with Gasteiger partial charge in [0.05, 0.1) is 28.5 Å². The van der Waals surface area contributed by atoms with E-state index in [-0.39, 0.29) is 11.5 Å². The van der Waals surface area contributed by atoms with E-state index in [1.807, 2.05) is 98.8 Å². The van der Waals surface area contributed by atoms with Crippen molar-refractivity contribution in [1.82, 2.24) is 4.57 Å². The van der Waals surface area contributed by atoms with Crippen LogP contribution in [0.2, 0.25) is 0 Å². The summed E-state index contributed by atoms with van der Waals surface area (Å²) >= 11 is 3.58. The number of ether oxygens (including phenoxy) is 1. The number of fused-ring (bicyclic) bond motifs is 1. The number of thiazole rings is 1. The van der Waals surface area contributed by atoms with Crippen molar-refractivity contribution in [1.29, 1.82) is 0 Å². The van der Waals surface area contributed by atoms with Gasteiger partial charge in [-0.1, -0.05) is 53.8 Å². The molecule has 0 radical (unpaired) electrons. The highest BCUT2D eigenvalue weighted by Crippen LogP contribution is 2.31. The maximum absolute atomic E-state index is 13.8. The Bertz CT molecular complexity index is 1650. The molecular formula is C29H24IN3O3S. The summed E-state index contributed by atoms with van der Waals surface area (Å²) in [5.74, 6) is 0.437. The first-order valence-electron chi connectivity index (χ1n) is 11.8. The number of aromatic nitrogens is 1. The number of rotatable bonds is 6. The first-order valence-corrected chi connectivity index (χ1v) is 13.7. The number of carbonyl (C=O) groups is 1. The van der Waals surface area contributed by atoms with Crippen LogP contribution in [-0.4, -0.2) is 17.1 Å². The summed E-state index contributed by atoms with van der Waals surface area (Å²) < 4.78 is 8.93. The van der Waals surface area contributed by atoms with Crippen LogP contribution < -0.4 is 24.9 Å². The standard InChI is InChI=1S/C29H24IN3O3S/c1-3-36-23-15-11-20(12-16-23)26-25(27(34)32-22-7-5-4-6-8-22)18(2)31-29-33(26)28(35)24(37-29)17-19-9-13-21(30)14-10-19/h4-17,26H,3H2,1-2H3,(H,32,34)/b24-17-/t26-/m0/s1. The van der Waals surface area contributed by atoms with Gasteiger partial charge in [-0.15, -0.1) is 0 Å². The minimum Gasteiger partial charge on any atom is -0.494 e. The van der Waals surface area contributed by atoms with Crippen LogP contribution in [0.25, 0.3) is 6.08 Å². The molecule has 0 bridgehead atoms. The molecule has 0 fully saturated rings. The van der Waals surface area contributed by atoms with Gasteiger partial charge in [0, 0.05) is 9.26 Å². The number of benzene rings is 3. The molecule has 1 N–H and O–H groups in total. The third-order valence-corrected chi connectivity index (χ3v) is 7.67. The van der Waals surface area contributed by atoms with Gasteiger partial charge in [0.15, 0.2) is 4.80 Å². The van der Waals surface area contributed by atoms with Gasteiger partial charge in [0.1, 0.15) is 5.75 Å². The average molecular weight is 622 g/mol. The minimum absolute atomic E-state index is 0.182. The van der Waals surface area contributed by atoms with Crippen LogP contribution in [0.1, 0.15) is 31.0 Å². The van der Waals surface area contributed by atoms with Crippen LogP contribution >= 0.6 is 33.9 Å². The number of amides is 1. The summed E-state index contributed by atoms with van der Waals surface area (Å²) in [4.78, 5) is 32.6.